The summed E-state index contributed by atoms with van der Waals surface area (Å²) in [5, 5.41) is 23.1. The van der Waals surface area contributed by atoms with E-state index in [9.17, 15) is 14.7 Å². The molecule has 4 aromatic rings. The van der Waals surface area contributed by atoms with Crippen LogP contribution in [0.2, 0.25) is 5.02 Å². The lowest BCUT2D eigenvalue weighted by molar-refractivity contribution is -0.120. The molecule has 2 N–H and O–H groups in total. The number of carbonyl (C=O) groups is 1. The fraction of sp³-hybridized carbons (Fsp3) is 0.296. The number of hydrogen-bond acceptors (Lipinski definition) is 7. The highest BCUT2D eigenvalue weighted by molar-refractivity contribution is 7.19. The molecule has 7 nitrogen and oxygen atoms in total. The Labute approximate surface area is 228 Å². The number of aliphatic hydroxyl groups excluding tert-OH is 1. The summed E-state index contributed by atoms with van der Waals surface area (Å²) < 4.78 is 2.54. The summed E-state index contributed by atoms with van der Waals surface area (Å²) in [7, 11) is 3.80. The van der Waals surface area contributed by atoms with Gasteiger partial charge in [-0.05, 0) is 49.4 Å². The fourth-order valence-corrected chi connectivity index (χ4v) is 6.54. The zero-order chi connectivity index (χ0) is 26.7. The lowest BCUT2D eigenvalue weighted by Gasteiger charge is -2.19. The average molecular weight is 555 g/mol. The molecular weight excluding hydrogens is 528 g/mol. The van der Waals surface area contributed by atoms with Gasteiger partial charge in [0, 0.05) is 53.2 Å². The van der Waals surface area contributed by atoms with Crippen molar-refractivity contribution in [3.63, 3.8) is 0 Å². The van der Waals surface area contributed by atoms with Gasteiger partial charge in [-0.1, -0.05) is 23.7 Å². The van der Waals surface area contributed by atoms with Gasteiger partial charge in [-0.15, -0.1) is 22.7 Å². The van der Waals surface area contributed by atoms with E-state index in [-0.39, 0.29) is 17.8 Å². The largest absolute Gasteiger partial charge is 0.386 e. The second-order valence-electron chi connectivity index (χ2n) is 9.03. The van der Waals surface area contributed by atoms with Crippen LogP contribution >= 0.6 is 34.3 Å². The number of aliphatic hydroxyl groups is 1. The summed E-state index contributed by atoms with van der Waals surface area (Å²) in [6.07, 6.45) is 1.05. The first-order valence-corrected chi connectivity index (χ1v) is 13.7. The average Bonchev–Trinajstić information content (AvgIpc) is 3.47. The van der Waals surface area contributed by atoms with Gasteiger partial charge in [-0.2, -0.15) is 5.26 Å². The molecule has 0 saturated carbocycles. The third-order valence-electron chi connectivity index (χ3n) is 6.13. The van der Waals surface area contributed by atoms with Crippen molar-refractivity contribution < 1.29 is 9.90 Å². The molecule has 1 unspecified atom stereocenters. The Balaban J connectivity index is 1.47. The number of benzene rings is 1. The van der Waals surface area contributed by atoms with E-state index < -0.39 is 6.10 Å². The van der Waals surface area contributed by atoms with Crippen LogP contribution in [0.4, 0.5) is 0 Å². The zero-order valence-electron chi connectivity index (χ0n) is 20.7. The summed E-state index contributed by atoms with van der Waals surface area (Å²) in [4.78, 5) is 30.2. The lowest BCUT2D eigenvalue weighted by Crippen LogP contribution is -2.27. The molecule has 1 aromatic carbocycles. The second-order valence-corrected chi connectivity index (χ2v) is 11.7. The minimum Gasteiger partial charge on any atom is -0.386 e. The quantitative estimate of drug-likeness (QED) is 0.317. The Morgan fingerprint density at radius 3 is 2.65 bits per heavy atom. The van der Waals surface area contributed by atoms with Crippen LogP contribution in [-0.4, -0.2) is 34.1 Å². The maximum Gasteiger partial charge on any atom is 0.224 e. The smallest absolute Gasteiger partial charge is 0.224 e. The summed E-state index contributed by atoms with van der Waals surface area (Å²) >= 11 is 8.64. The molecule has 10 heteroatoms. The van der Waals surface area contributed by atoms with Gasteiger partial charge in [-0.3, -0.25) is 14.5 Å². The molecule has 0 saturated heterocycles. The summed E-state index contributed by atoms with van der Waals surface area (Å²) in [5.74, 6) is -0.221. The van der Waals surface area contributed by atoms with Crippen molar-refractivity contribution in [1.29, 1.82) is 5.26 Å². The minimum absolute atomic E-state index is 0.0000776. The maximum absolute atomic E-state index is 13.3. The molecular formula is C27H27ClN4O3S2. The van der Waals surface area contributed by atoms with Crippen molar-refractivity contribution in [2.24, 2.45) is 7.05 Å². The molecule has 1 amide bonds. The highest BCUT2D eigenvalue weighted by Crippen LogP contribution is 2.30. The van der Waals surface area contributed by atoms with Gasteiger partial charge in [0.2, 0.25) is 11.3 Å². The number of nitrogens with one attached hydrogen (secondary N) is 1. The van der Waals surface area contributed by atoms with Gasteiger partial charge in [0.15, 0.2) is 0 Å². The van der Waals surface area contributed by atoms with E-state index >= 15 is 0 Å². The number of carbonyl (C=O) groups excluding carboxylic acids is 1. The monoisotopic (exact) mass is 554 g/mol. The predicted octanol–water partition coefficient (Wildman–Crippen LogP) is 4.52. The van der Waals surface area contributed by atoms with Crippen molar-refractivity contribution in [1.82, 2.24) is 14.8 Å². The third kappa shape index (κ3) is 6.29. The number of nitriles is 1. The molecule has 192 valence electrons. The number of pyridine rings is 1. The van der Waals surface area contributed by atoms with Gasteiger partial charge in [0.05, 0.1) is 16.6 Å². The molecule has 1 atom stereocenters. The van der Waals surface area contributed by atoms with E-state index in [1.54, 1.807) is 30.5 Å². The SMILES string of the molecule is Cc1c(CN(C)CC(O)c2ccc(C#N)s2)sc2c(=O)c(CC(=O)NCc3ccc(Cl)cc3)cn(C)c12. The topological polar surface area (TPSA) is 98.4 Å². The zero-order valence-corrected chi connectivity index (χ0v) is 23.1. The normalized spacial score (nSPS) is 12.1. The number of aromatic nitrogens is 1. The van der Waals surface area contributed by atoms with Crippen molar-refractivity contribution in [3.05, 3.63) is 89.2 Å². The maximum atomic E-state index is 13.3. The second kappa shape index (κ2) is 11.6. The molecule has 37 heavy (non-hydrogen) atoms. The molecule has 3 heterocycles. The first-order chi connectivity index (χ1) is 17.7. The molecule has 0 aliphatic carbocycles. The van der Waals surface area contributed by atoms with Crippen molar-refractivity contribution >= 4 is 50.4 Å². The number of aryl methyl sites for hydroxylation is 2. The van der Waals surface area contributed by atoms with Crippen LogP contribution in [0.3, 0.4) is 0 Å². The summed E-state index contributed by atoms with van der Waals surface area (Å²) in [6.45, 7) is 3.32. The number of nitrogens with zero attached hydrogens (tertiary/aromatic N) is 3. The predicted molar refractivity (Wildman–Crippen MR) is 149 cm³/mol. The van der Waals surface area contributed by atoms with Crippen LogP contribution in [0.25, 0.3) is 10.2 Å². The molecule has 0 spiro atoms. The van der Waals surface area contributed by atoms with Gasteiger partial charge < -0.3 is 15.0 Å². The van der Waals surface area contributed by atoms with Gasteiger partial charge >= 0.3 is 0 Å². The molecule has 0 fully saturated rings. The first kappa shape index (κ1) is 27.0. The third-order valence-corrected chi connectivity index (χ3v) is 8.74. The first-order valence-electron chi connectivity index (χ1n) is 11.6. The van der Waals surface area contributed by atoms with Gasteiger partial charge in [0.1, 0.15) is 17.1 Å². The standard InChI is InChI=1S/C27H27ClN4O3S2/c1-16-23(15-31(2)14-21(33)22-9-8-20(11-29)36-22)37-27-25(16)32(3)13-18(26(27)35)10-24(34)30-12-17-4-6-19(28)7-5-17/h4-9,13,21,33H,10,12,14-15H2,1-3H3,(H,30,34). The van der Waals surface area contributed by atoms with Crippen LogP contribution in [0.5, 0.6) is 0 Å². The summed E-state index contributed by atoms with van der Waals surface area (Å²) in [6, 6.07) is 12.8. The molecule has 0 aliphatic heterocycles. The Hall–Kier alpha value is -3.00. The van der Waals surface area contributed by atoms with Crippen LogP contribution in [0, 0.1) is 18.3 Å². The van der Waals surface area contributed by atoms with Crippen LogP contribution in [0.1, 0.15) is 37.4 Å². The summed E-state index contributed by atoms with van der Waals surface area (Å²) in [5.41, 5.74) is 3.13. The number of thiophene rings is 2. The number of rotatable bonds is 9. The van der Waals surface area contributed by atoms with E-state index in [1.165, 1.54) is 22.7 Å². The molecule has 3 aromatic heterocycles. The van der Waals surface area contributed by atoms with E-state index in [2.05, 4.69) is 11.4 Å². The Kier molecular flexibility index (Phi) is 8.47. The Morgan fingerprint density at radius 1 is 1.24 bits per heavy atom. The highest BCUT2D eigenvalue weighted by Gasteiger charge is 2.20. The highest BCUT2D eigenvalue weighted by atomic mass is 35.5. The molecule has 0 radical (unpaired) electrons. The number of amides is 1. The van der Waals surface area contributed by atoms with E-state index in [1.807, 2.05) is 42.6 Å². The van der Waals surface area contributed by atoms with Crippen molar-refractivity contribution in [3.8, 4) is 6.07 Å². The van der Waals surface area contributed by atoms with E-state index in [0.717, 1.165) is 26.4 Å². The van der Waals surface area contributed by atoms with E-state index in [0.29, 0.717) is 39.8 Å². The number of likely N-dealkylation sites (N-methyl/N-ethyl adjacent to an activating group) is 1. The number of fused-ring (bicyclic) bond motifs is 1. The number of hydrogen-bond donors (Lipinski definition) is 2. The number of halogens is 1. The Morgan fingerprint density at radius 2 is 1.97 bits per heavy atom. The van der Waals surface area contributed by atoms with Gasteiger partial charge in [-0.25, -0.2) is 0 Å². The van der Waals surface area contributed by atoms with Gasteiger partial charge in [0.25, 0.3) is 0 Å². The van der Waals surface area contributed by atoms with Crippen LogP contribution in [0.15, 0.2) is 47.4 Å². The van der Waals surface area contributed by atoms with Crippen LogP contribution in [-0.2, 0) is 31.4 Å². The molecule has 0 aliphatic rings. The van der Waals surface area contributed by atoms with Crippen LogP contribution < -0.4 is 10.7 Å². The Bertz CT molecular complexity index is 1530. The van der Waals surface area contributed by atoms with Crippen molar-refractivity contribution in [2.75, 3.05) is 13.6 Å². The minimum atomic E-state index is -0.698. The molecule has 4 rings (SSSR count). The van der Waals surface area contributed by atoms with Crippen molar-refractivity contribution in [2.45, 2.75) is 32.5 Å². The van der Waals surface area contributed by atoms with E-state index in [4.69, 9.17) is 16.9 Å². The fourth-order valence-electron chi connectivity index (χ4n) is 4.23. The lowest BCUT2D eigenvalue weighted by atomic mass is 10.1. The molecule has 0 bridgehead atoms.